The number of nitrogens with one attached hydrogen (secondary N) is 1. The first-order chi connectivity index (χ1) is 12.6. The Bertz CT molecular complexity index is 837. The second-order valence-corrected chi connectivity index (χ2v) is 7.46. The van der Waals surface area contributed by atoms with Crippen LogP contribution in [0, 0.1) is 5.82 Å². The van der Waals surface area contributed by atoms with Gasteiger partial charge in [0.05, 0.1) is 17.8 Å². The van der Waals surface area contributed by atoms with Gasteiger partial charge >= 0.3 is 13.1 Å². The number of carbonyl (C=O) groups is 1. The number of H-pyrrole nitrogens is 1. The monoisotopic (exact) mass is 375 g/mol. The number of halogens is 1. The van der Waals surface area contributed by atoms with Crippen molar-refractivity contribution in [3.8, 4) is 0 Å². The smallest absolute Gasteiger partial charge is 0.460 e. The fourth-order valence-corrected chi connectivity index (χ4v) is 2.68. The Balaban J connectivity index is 1.74. The summed E-state index contributed by atoms with van der Waals surface area (Å²) in [5, 5.41) is 7.60. The summed E-state index contributed by atoms with van der Waals surface area (Å²) in [6, 6.07) is 4.82. The van der Waals surface area contributed by atoms with Crippen molar-refractivity contribution in [3.63, 3.8) is 0 Å². The average Bonchev–Trinajstić information content (AvgIpc) is 3.12. The molecule has 0 unspecified atom stereocenters. The average molecular weight is 375 g/mol. The molecule has 0 bridgehead atoms. The van der Waals surface area contributed by atoms with Crippen LogP contribution in [0.1, 0.15) is 56.6 Å². The summed E-state index contributed by atoms with van der Waals surface area (Å²) in [6.07, 6.45) is 0.169. The minimum atomic E-state index is -0.626. The van der Waals surface area contributed by atoms with Crippen LogP contribution in [0.2, 0.25) is 0 Å². The van der Waals surface area contributed by atoms with Gasteiger partial charge in [0.2, 0.25) is 5.82 Å². The molecule has 0 amide bonds. The highest BCUT2D eigenvalue weighted by Gasteiger charge is 2.51. The van der Waals surface area contributed by atoms with Crippen molar-refractivity contribution in [2.24, 2.45) is 0 Å². The van der Waals surface area contributed by atoms with Gasteiger partial charge in [0.25, 0.3) is 0 Å². The maximum Gasteiger partial charge on any atom is 0.494 e. The lowest BCUT2D eigenvalue weighted by molar-refractivity contribution is 0.00578. The Morgan fingerprint density at radius 1 is 1.22 bits per heavy atom. The third-order valence-electron chi connectivity index (χ3n) is 4.96. The first-order valence-corrected chi connectivity index (χ1v) is 8.85. The van der Waals surface area contributed by atoms with E-state index in [4.69, 9.17) is 14.0 Å². The molecule has 2 aromatic rings. The SMILES string of the molecule is CCOC(=O)c1nnc(Cc2ccc(B3OC(C)(C)C(C)(C)O3)cc2F)[nH]1. The molecule has 0 saturated carbocycles. The van der Waals surface area contributed by atoms with E-state index in [0.717, 1.165) is 0 Å². The van der Waals surface area contributed by atoms with Crippen LogP contribution >= 0.6 is 0 Å². The third-order valence-corrected chi connectivity index (χ3v) is 4.96. The number of carbonyl (C=O) groups excluding carboxylic acids is 1. The Labute approximate surface area is 157 Å². The van der Waals surface area contributed by atoms with E-state index in [1.165, 1.54) is 6.07 Å². The fraction of sp³-hybridized carbons (Fsp3) is 0.500. The van der Waals surface area contributed by atoms with Crippen molar-refractivity contribution in [2.75, 3.05) is 6.61 Å². The van der Waals surface area contributed by atoms with Crippen LogP contribution in [0.3, 0.4) is 0 Å². The molecule has 7 nitrogen and oxygen atoms in total. The summed E-state index contributed by atoms with van der Waals surface area (Å²) in [6.45, 7) is 9.73. The number of hydrogen-bond donors (Lipinski definition) is 1. The topological polar surface area (TPSA) is 86.3 Å². The summed E-state index contributed by atoms with van der Waals surface area (Å²) < 4.78 is 31.3. The van der Waals surface area contributed by atoms with Gasteiger partial charge in [-0.1, -0.05) is 12.1 Å². The van der Waals surface area contributed by atoms with Crippen molar-refractivity contribution < 1.29 is 23.2 Å². The van der Waals surface area contributed by atoms with Crippen LogP contribution < -0.4 is 5.46 Å². The lowest BCUT2D eigenvalue weighted by atomic mass is 9.78. The highest BCUT2D eigenvalue weighted by atomic mass is 19.1. The van der Waals surface area contributed by atoms with Crippen LogP contribution in [-0.2, 0) is 20.5 Å². The highest BCUT2D eigenvalue weighted by Crippen LogP contribution is 2.36. The van der Waals surface area contributed by atoms with E-state index >= 15 is 0 Å². The quantitative estimate of drug-likeness (QED) is 0.636. The molecule has 1 fully saturated rings. The Morgan fingerprint density at radius 2 is 1.89 bits per heavy atom. The number of aromatic nitrogens is 3. The summed E-state index contributed by atoms with van der Waals surface area (Å²) >= 11 is 0. The van der Waals surface area contributed by atoms with Crippen molar-refractivity contribution in [1.29, 1.82) is 0 Å². The summed E-state index contributed by atoms with van der Waals surface area (Å²) in [5.41, 5.74) is 0.0493. The fourth-order valence-electron chi connectivity index (χ4n) is 2.68. The van der Waals surface area contributed by atoms with Gasteiger partial charge in [0, 0.05) is 6.42 Å². The molecule has 0 atom stereocenters. The number of hydrogen-bond acceptors (Lipinski definition) is 6. The summed E-state index contributed by atoms with van der Waals surface area (Å²) in [5.74, 6) is -0.620. The molecule has 0 aliphatic carbocycles. The lowest BCUT2D eigenvalue weighted by Crippen LogP contribution is -2.41. The molecule has 1 saturated heterocycles. The molecule has 1 N–H and O–H groups in total. The Kier molecular flexibility index (Phi) is 5.09. The summed E-state index contributed by atoms with van der Waals surface area (Å²) in [4.78, 5) is 14.4. The molecule has 1 aliphatic heterocycles. The van der Waals surface area contributed by atoms with E-state index in [0.29, 0.717) is 16.9 Å². The number of ether oxygens (including phenoxy) is 1. The molecule has 1 aliphatic rings. The standard InChI is InChI=1S/C18H23BFN3O4/c1-6-25-16(24)15-21-14(22-23-15)9-11-7-8-12(10-13(11)20)19-26-17(2,3)18(4,5)27-19/h7-8,10H,6,9H2,1-5H3,(H,21,22,23). The van der Waals surface area contributed by atoms with Gasteiger partial charge < -0.3 is 19.0 Å². The number of rotatable bonds is 5. The van der Waals surface area contributed by atoms with E-state index in [9.17, 15) is 9.18 Å². The van der Waals surface area contributed by atoms with Crippen molar-refractivity contribution in [2.45, 2.75) is 52.2 Å². The molecule has 0 radical (unpaired) electrons. The number of nitrogens with zero attached hydrogens (tertiary/aromatic N) is 2. The molecule has 27 heavy (non-hydrogen) atoms. The molecule has 2 heterocycles. The molecular weight excluding hydrogens is 352 g/mol. The zero-order valence-electron chi connectivity index (χ0n) is 16.1. The largest absolute Gasteiger partial charge is 0.494 e. The minimum absolute atomic E-state index is 0.00102. The molecule has 144 valence electrons. The maximum absolute atomic E-state index is 14.6. The van der Waals surface area contributed by atoms with E-state index in [-0.39, 0.29) is 18.9 Å². The van der Waals surface area contributed by atoms with E-state index < -0.39 is 30.1 Å². The number of esters is 1. The normalized spacial score (nSPS) is 17.9. The summed E-state index contributed by atoms with van der Waals surface area (Å²) in [7, 11) is -0.626. The molecular formula is C18H23BFN3O4. The number of aromatic amines is 1. The molecule has 1 aromatic heterocycles. The predicted molar refractivity (Wildman–Crippen MR) is 97.3 cm³/mol. The molecule has 0 spiro atoms. The lowest BCUT2D eigenvalue weighted by Gasteiger charge is -2.32. The van der Waals surface area contributed by atoms with Crippen LogP contribution in [-0.4, -0.2) is 46.1 Å². The molecule has 9 heteroatoms. The van der Waals surface area contributed by atoms with Gasteiger partial charge in [0.1, 0.15) is 11.6 Å². The van der Waals surface area contributed by atoms with Crippen molar-refractivity contribution in [1.82, 2.24) is 15.2 Å². The van der Waals surface area contributed by atoms with Gasteiger partial charge in [-0.05, 0) is 51.7 Å². The Hall–Kier alpha value is -2.26. The van der Waals surface area contributed by atoms with Crippen molar-refractivity contribution >= 4 is 18.6 Å². The molecule has 1 aromatic carbocycles. The van der Waals surface area contributed by atoms with Gasteiger partial charge in [-0.25, -0.2) is 9.18 Å². The first kappa shape index (κ1) is 19.5. The van der Waals surface area contributed by atoms with Crippen LogP contribution in [0.15, 0.2) is 18.2 Å². The third kappa shape index (κ3) is 3.89. The van der Waals surface area contributed by atoms with Gasteiger partial charge in [-0.2, -0.15) is 0 Å². The van der Waals surface area contributed by atoms with Gasteiger partial charge in [-0.15, -0.1) is 10.2 Å². The van der Waals surface area contributed by atoms with E-state index in [1.54, 1.807) is 19.1 Å². The Morgan fingerprint density at radius 3 is 2.48 bits per heavy atom. The minimum Gasteiger partial charge on any atom is -0.460 e. The van der Waals surface area contributed by atoms with Crippen LogP contribution in [0.4, 0.5) is 4.39 Å². The number of benzene rings is 1. The molecule has 3 rings (SSSR count). The van der Waals surface area contributed by atoms with Gasteiger partial charge in [0.15, 0.2) is 0 Å². The van der Waals surface area contributed by atoms with E-state index in [1.807, 2.05) is 27.7 Å². The zero-order chi connectivity index (χ0) is 19.8. The van der Waals surface area contributed by atoms with Crippen molar-refractivity contribution in [3.05, 3.63) is 41.2 Å². The second-order valence-electron chi connectivity index (χ2n) is 7.46. The van der Waals surface area contributed by atoms with Crippen LogP contribution in [0.25, 0.3) is 0 Å². The second kappa shape index (κ2) is 7.05. The van der Waals surface area contributed by atoms with Crippen LogP contribution in [0.5, 0.6) is 0 Å². The highest BCUT2D eigenvalue weighted by molar-refractivity contribution is 6.62. The maximum atomic E-state index is 14.6. The van der Waals surface area contributed by atoms with Gasteiger partial charge in [-0.3, -0.25) is 0 Å². The first-order valence-electron chi connectivity index (χ1n) is 8.85. The zero-order valence-corrected chi connectivity index (χ0v) is 16.1. The predicted octanol–water partition coefficient (Wildman–Crippen LogP) is 2.01. The van der Waals surface area contributed by atoms with E-state index in [2.05, 4.69) is 15.2 Å².